The first kappa shape index (κ1) is 23.1. The van der Waals surface area contributed by atoms with Crippen LogP contribution < -0.4 is 5.32 Å². The molecule has 0 fully saturated rings. The summed E-state index contributed by atoms with van der Waals surface area (Å²) in [6.45, 7) is 6.51. The van der Waals surface area contributed by atoms with E-state index in [4.69, 9.17) is 0 Å². The lowest BCUT2D eigenvalue weighted by Gasteiger charge is -2.29. The monoisotopic (exact) mass is 411 g/mol. The molecule has 0 aliphatic heterocycles. The quantitative estimate of drug-likeness (QED) is 0.366. The number of para-hydroxylation sites is 1. The maximum absolute atomic E-state index is 13.2. The van der Waals surface area contributed by atoms with Crippen molar-refractivity contribution in [2.45, 2.75) is 52.6 Å². The summed E-state index contributed by atoms with van der Waals surface area (Å²) in [5, 5.41) is 14.2. The fourth-order valence-corrected chi connectivity index (χ4v) is 3.11. The predicted octanol–water partition coefficient (Wildman–Crippen LogP) is 3.78. The summed E-state index contributed by atoms with van der Waals surface area (Å²) in [6, 6.07) is 13.2. The van der Waals surface area contributed by atoms with Crippen molar-refractivity contribution in [1.82, 2.24) is 10.2 Å². The minimum Gasteiger partial charge on any atom is -0.354 e. The lowest BCUT2D eigenvalue weighted by molar-refractivity contribution is -0.385. The molecule has 2 amide bonds. The van der Waals surface area contributed by atoms with Gasteiger partial charge in [0.2, 0.25) is 11.8 Å². The number of nitro groups is 1. The average Bonchev–Trinajstić information content (AvgIpc) is 2.73. The van der Waals surface area contributed by atoms with Crippen LogP contribution in [-0.4, -0.2) is 34.2 Å². The van der Waals surface area contributed by atoms with Gasteiger partial charge in [0, 0.05) is 24.7 Å². The second-order valence-electron chi connectivity index (χ2n) is 7.39. The smallest absolute Gasteiger partial charge is 0.273 e. The summed E-state index contributed by atoms with van der Waals surface area (Å²) >= 11 is 0. The highest BCUT2D eigenvalue weighted by molar-refractivity contribution is 5.88. The van der Waals surface area contributed by atoms with Gasteiger partial charge >= 0.3 is 0 Å². The Labute approximate surface area is 177 Å². The molecule has 0 radical (unpaired) electrons. The Morgan fingerprint density at radius 1 is 1.13 bits per heavy atom. The summed E-state index contributed by atoms with van der Waals surface area (Å²) in [5.41, 5.74) is 2.23. The first-order chi connectivity index (χ1) is 14.3. The van der Waals surface area contributed by atoms with Gasteiger partial charge in [0.15, 0.2) is 0 Å². The Morgan fingerprint density at radius 3 is 2.43 bits per heavy atom. The van der Waals surface area contributed by atoms with E-state index in [1.807, 2.05) is 38.1 Å². The van der Waals surface area contributed by atoms with E-state index in [1.54, 1.807) is 25.1 Å². The minimum atomic E-state index is -0.696. The zero-order valence-corrected chi connectivity index (χ0v) is 17.8. The zero-order valence-electron chi connectivity index (χ0n) is 17.8. The topological polar surface area (TPSA) is 92.6 Å². The van der Waals surface area contributed by atoms with Crippen LogP contribution in [-0.2, 0) is 22.6 Å². The van der Waals surface area contributed by atoms with Crippen molar-refractivity contribution in [3.63, 3.8) is 0 Å². The van der Waals surface area contributed by atoms with Crippen LogP contribution in [0.4, 0.5) is 5.69 Å². The third-order valence-electron chi connectivity index (χ3n) is 5.00. The van der Waals surface area contributed by atoms with Gasteiger partial charge in [-0.15, -0.1) is 0 Å². The van der Waals surface area contributed by atoms with Gasteiger partial charge in [-0.1, -0.05) is 61.4 Å². The molecule has 0 heterocycles. The molecule has 0 saturated carbocycles. The molecule has 160 valence electrons. The Hall–Kier alpha value is -3.22. The van der Waals surface area contributed by atoms with Crippen molar-refractivity contribution in [3.05, 3.63) is 75.3 Å². The summed E-state index contributed by atoms with van der Waals surface area (Å²) in [7, 11) is 0. The molecule has 0 unspecified atom stereocenters. The number of carbonyl (C=O) groups excluding carboxylic acids is 2. The highest BCUT2D eigenvalue weighted by Gasteiger charge is 2.27. The van der Waals surface area contributed by atoms with Crippen molar-refractivity contribution < 1.29 is 14.5 Å². The van der Waals surface area contributed by atoms with Crippen molar-refractivity contribution in [2.24, 2.45) is 0 Å². The number of nitrogens with one attached hydrogen (secondary N) is 1. The van der Waals surface area contributed by atoms with E-state index in [2.05, 4.69) is 5.32 Å². The fraction of sp³-hybridized carbons (Fsp3) is 0.391. The normalized spacial score (nSPS) is 11.6. The van der Waals surface area contributed by atoms with Gasteiger partial charge < -0.3 is 10.2 Å². The highest BCUT2D eigenvalue weighted by atomic mass is 16.6. The number of hydrogen-bond acceptors (Lipinski definition) is 4. The fourth-order valence-electron chi connectivity index (χ4n) is 3.11. The number of amides is 2. The zero-order chi connectivity index (χ0) is 22.1. The third kappa shape index (κ3) is 6.40. The lowest BCUT2D eigenvalue weighted by atomic mass is 10.1. The summed E-state index contributed by atoms with van der Waals surface area (Å²) in [5.74, 6) is -0.561. The molecule has 2 rings (SSSR count). The Kier molecular flexibility index (Phi) is 8.53. The molecule has 1 atom stereocenters. The van der Waals surface area contributed by atoms with E-state index >= 15 is 0 Å². The first-order valence-corrected chi connectivity index (χ1v) is 10.2. The van der Waals surface area contributed by atoms with E-state index in [1.165, 1.54) is 11.0 Å². The second kappa shape index (κ2) is 11.1. The van der Waals surface area contributed by atoms with Crippen molar-refractivity contribution in [2.75, 3.05) is 6.54 Å². The van der Waals surface area contributed by atoms with Crippen LogP contribution >= 0.6 is 0 Å². The van der Waals surface area contributed by atoms with Crippen LogP contribution in [0.3, 0.4) is 0 Å². The van der Waals surface area contributed by atoms with Gasteiger partial charge in [-0.25, -0.2) is 0 Å². The van der Waals surface area contributed by atoms with Gasteiger partial charge in [-0.3, -0.25) is 19.7 Å². The van der Waals surface area contributed by atoms with Crippen LogP contribution in [0.2, 0.25) is 0 Å². The number of nitrogens with zero attached hydrogens (tertiary/aromatic N) is 2. The van der Waals surface area contributed by atoms with Crippen LogP contribution in [0.15, 0.2) is 48.5 Å². The first-order valence-electron chi connectivity index (χ1n) is 10.2. The molecular formula is C23H29N3O4. The van der Waals surface area contributed by atoms with Gasteiger partial charge in [0.05, 0.1) is 11.3 Å². The van der Waals surface area contributed by atoms with Crippen molar-refractivity contribution >= 4 is 17.5 Å². The molecule has 7 nitrogen and oxygen atoms in total. The highest BCUT2D eigenvalue weighted by Crippen LogP contribution is 2.20. The van der Waals surface area contributed by atoms with Gasteiger partial charge in [-0.2, -0.15) is 0 Å². The van der Waals surface area contributed by atoms with E-state index in [0.29, 0.717) is 12.1 Å². The average molecular weight is 412 g/mol. The lowest BCUT2D eigenvalue weighted by Crippen LogP contribution is -2.48. The molecule has 0 aliphatic rings. The van der Waals surface area contributed by atoms with Crippen LogP contribution in [0, 0.1) is 17.0 Å². The maximum atomic E-state index is 13.2. The number of benzene rings is 2. The van der Waals surface area contributed by atoms with E-state index in [9.17, 15) is 19.7 Å². The second-order valence-corrected chi connectivity index (χ2v) is 7.39. The van der Waals surface area contributed by atoms with E-state index in [-0.39, 0.29) is 30.5 Å². The van der Waals surface area contributed by atoms with Gasteiger partial charge in [-0.05, 0) is 25.8 Å². The molecule has 7 heteroatoms. The number of rotatable bonds is 10. The van der Waals surface area contributed by atoms with Gasteiger partial charge in [0.1, 0.15) is 6.04 Å². The Bertz CT molecular complexity index is 880. The molecule has 1 N–H and O–H groups in total. The van der Waals surface area contributed by atoms with E-state index in [0.717, 1.165) is 24.0 Å². The molecule has 2 aromatic rings. The van der Waals surface area contributed by atoms with Crippen LogP contribution in [0.5, 0.6) is 0 Å². The van der Waals surface area contributed by atoms with Crippen LogP contribution in [0.1, 0.15) is 43.4 Å². The largest absolute Gasteiger partial charge is 0.354 e. The number of carbonyl (C=O) groups is 2. The molecule has 2 aromatic carbocycles. The Morgan fingerprint density at radius 2 is 1.80 bits per heavy atom. The summed E-state index contributed by atoms with van der Waals surface area (Å²) in [6.07, 6.45) is 1.68. The Balaban J connectivity index is 2.25. The van der Waals surface area contributed by atoms with Crippen molar-refractivity contribution in [1.29, 1.82) is 0 Å². The number of aryl methyl sites for hydroxylation is 1. The standard InChI is InChI=1S/C23H29N3O4/c1-4-5-14-24-23(28)18(3)25(16-19-12-10-17(2)11-13-19)22(27)15-20-8-6-7-9-21(20)26(29)30/h6-13,18H,4-5,14-16H2,1-3H3,(H,24,28)/t18-/m0/s1. The minimum absolute atomic E-state index is 0.0961. The summed E-state index contributed by atoms with van der Waals surface area (Å²) in [4.78, 5) is 38.1. The number of unbranched alkanes of at least 4 members (excludes halogenated alkanes) is 1. The molecule has 0 spiro atoms. The molecule has 30 heavy (non-hydrogen) atoms. The molecule has 0 bridgehead atoms. The third-order valence-corrected chi connectivity index (χ3v) is 5.00. The molecule has 0 saturated heterocycles. The van der Waals surface area contributed by atoms with Crippen LogP contribution in [0.25, 0.3) is 0 Å². The number of hydrogen-bond donors (Lipinski definition) is 1. The summed E-state index contributed by atoms with van der Waals surface area (Å²) < 4.78 is 0. The molecule has 0 aliphatic carbocycles. The SMILES string of the molecule is CCCCNC(=O)[C@H](C)N(Cc1ccc(C)cc1)C(=O)Cc1ccccc1[N+](=O)[O-]. The predicted molar refractivity (Wildman–Crippen MR) is 116 cm³/mol. The molecule has 0 aromatic heterocycles. The van der Waals surface area contributed by atoms with Gasteiger partial charge in [0.25, 0.3) is 5.69 Å². The molecular weight excluding hydrogens is 382 g/mol. The van der Waals surface area contributed by atoms with E-state index < -0.39 is 11.0 Å². The van der Waals surface area contributed by atoms with Crippen molar-refractivity contribution in [3.8, 4) is 0 Å². The number of nitro benzene ring substituents is 1. The maximum Gasteiger partial charge on any atom is 0.273 e.